The number of likely N-dealkylation sites (tertiary alicyclic amines) is 1. The Morgan fingerprint density at radius 2 is 1.92 bits per heavy atom. The van der Waals surface area contributed by atoms with E-state index < -0.39 is 0 Å². The minimum Gasteiger partial charge on any atom is -0.399 e. The van der Waals surface area contributed by atoms with Crippen molar-refractivity contribution in [2.45, 2.75) is 47.0 Å². The van der Waals surface area contributed by atoms with Gasteiger partial charge in [-0.15, -0.1) is 0 Å². The van der Waals surface area contributed by atoms with Gasteiger partial charge in [-0.2, -0.15) is 0 Å². The predicted octanol–water partition coefficient (Wildman–Crippen LogP) is 7.77. The molecule has 1 aliphatic heterocycles. The fourth-order valence-electron chi connectivity index (χ4n) is 4.91. The van der Waals surface area contributed by atoms with Gasteiger partial charge in [-0.05, 0) is 99.7 Å². The predicted molar refractivity (Wildman–Crippen MR) is 168 cm³/mol. The van der Waals surface area contributed by atoms with Crippen LogP contribution in [0.25, 0.3) is 5.57 Å². The number of H-pyrrole nitrogens is 1. The zero-order valence-electron chi connectivity index (χ0n) is 24.1. The summed E-state index contributed by atoms with van der Waals surface area (Å²) in [6.07, 6.45) is 23.5. The van der Waals surface area contributed by atoms with Gasteiger partial charge in [0, 0.05) is 53.6 Å². The number of hydrogen-bond acceptors (Lipinski definition) is 3. The lowest BCUT2D eigenvalue weighted by molar-refractivity contribution is 0.371. The molecule has 0 saturated carbocycles. The standard InChI is InChI=1S/C35H44N4/c1-7-11-16-33(30-15-14-17-37-24-30)34-23-32(38-27(34)6)22-31(35(36)10-4)20-26(5)29(9-3)21-28(8-2)25-39-18-12-13-19-39/h7-11,14-17,20-21,23-24,38H,2,5,12-13,18-19,22,25,36H2,1,3-4,6H3/b11-7-,28-21+,29-9+,31-20-,33-16-,35-10+. The van der Waals surface area contributed by atoms with Gasteiger partial charge in [0.25, 0.3) is 0 Å². The number of pyridine rings is 1. The van der Waals surface area contributed by atoms with Crippen molar-refractivity contribution in [3.63, 3.8) is 0 Å². The molecule has 2 aromatic rings. The summed E-state index contributed by atoms with van der Waals surface area (Å²) >= 11 is 0. The summed E-state index contributed by atoms with van der Waals surface area (Å²) in [5.41, 5.74) is 17.1. The largest absolute Gasteiger partial charge is 0.399 e. The monoisotopic (exact) mass is 520 g/mol. The molecule has 39 heavy (non-hydrogen) atoms. The van der Waals surface area contributed by atoms with Crippen molar-refractivity contribution in [1.29, 1.82) is 0 Å². The van der Waals surface area contributed by atoms with Gasteiger partial charge in [0.05, 0.1) is 0 Å². The molecule has 0 bridgehead atoms. The summed E-state index contributed by atoms with van der Waals surface area (Å²) in [5.74, 6) is 0. The maximum atomic E-state index is 6.50. The van der Waals surface area contributed by atoms with Gasteiger partial charge in [-0.3, -0.25) is 9.88 Å². The molecule has 2 aromatic heterocycles. The van der Waals surface area contributed by atoms with Crippen molar-refractivity contribution in [1.82, 2.24) is 14.9 Å². The Kier molecular flexibility index (Phi) is 11.3. The van der Waals surface area contributed by atoms with Gasteiger partial charge in [-0.25, -0.2) is 0 Å². The van der Waals surface area contributed by atoms with Gasteiger partial charge in [0.2, 0.25) is 0 Å². The van der Waals surface area contributed by atoms with Crippen LogP contribution in [-0.4, -0.2) is 34.5 Å². The van der Waals surface area contributed by atoms with Gasteiger partial charge in [0.15, 0.2) is 0 Å². The topological polar surface area (TPSA) is 57.9 Å². The summed E-state index contributed by atoms with van der Waals surface area (Å²) < 4.78 is 0. The van der Waals surface area contributed by atoms with Crippen LogP contribution in [0.1, 0.15) is 56.1 Å². The van der Waals surface area contributed by atoms with E-state index in [9.17, 15) is 0 Å². The number of aromatic nitrogens is 2. The Balaban J connectivity index is 1.90. The van der Waals surface area contributed by atoms with Crippen molar-refractivity contribution < 1.29 is 0 Å². The second kappa shape index (κ2) is 14.9. The van der Waals surface area contributed by atoms with Crippen LogP contribution in [0.2, 0.25) is 0 Å². The highest BCUT2D eigenvalue weighted by atomic mass is 15.1. The number of nitrogens with one attached hydrogen (secondary N) is 1. The van der Waals surface area contributed by atoms with Crippen molar-refractivity contribution >= 4 is 5.57 Å². The number of aromatic amines is 1. The third-order valence-electron chi connectivity index (χ3n) is 7.09. The van der Waals surface area contributed by atoms with Crippen LogP contribution < -0.4 is 5.73 Å². The molecular weight excluding hydrogens is 476 g/mol. The lowest BCUT2D eigenvalue weighted by atomic mass is 9.96. The van der Waals surface area contributed by atoms with Crippen LogP contribution in [0.15, 0.2) is 120 Å². The van der Waals surface area contributed by atoms with E-state index in [2.05, 4.69) is 84.4 Å². The van der Waals surface area contributed by atoms with Crippen LogP contribution >= 0.6 is 0 Å². The third kappa shape index (κ3) is 8.30. The summed E-state index contributed by atoms with van der Waals surface area (Å²) in [4.78, 5) is 10.4. The van der Waals surface area contributed by atoms with Gasteiger partial charge in [0.1, 0.15) is 0 Å². The highest BCUT2D eigenvalue weighted by Crippen LogP contribution is 2.29. The molecule has 0 radical (unpaired) electrons. The zero-order valence-corrected chi connectivity index (χ0v) is 24.1. The molecule has 1 saturated heterocycles. The van der Waals surface area contributed by atoms with Gasteiger partial charge < -0.3 is 10.7 Å². The Bertz CT molecular complexity index is 1320. The number of nitrogens with two attached hydrogens (primary N) is 1. The molecule has 0 aliphatic carbocycles. The van der Waals surface area contributed by atoms with Crippen molar-refractivity contribution in [2.75, 3.05) is 19.6 Å². The smallest absolute Gasteiger partial charge is 0.0346 e. The van der Waals surface area contributed by atoms with Crippen molar-refractivity contribution in [3.8, 4) is 0 Å². The van der Waals surface area contributed by atoms with Gasteiger partial charge >= 0.3 is 0 Å². The molecule has 0 amide bonds. The average Bonchev–Trinajstić information content (AvgIpc) is 3.60. The molecule has 0 unspecified atom stereocenters. The first-order valence-electron chi connectivity index (χ1n) is 13.9. The van der Waals surface area contributed by atoms with E-state index in [-0.39, 0.29) is 0 Å². The molecule has 0 aromatic carbocycles. The summed E-state index contributed by atoms with van der Waals surface area (Å²) in [6.45, 7) is 19.9. The molecule has 1 fully saturated rings. The van der Waals surface area contributed by atoms with E-state index in [1.807, 2.05) is 44.3 Å². The highest BCUT2D eigenvalue weighted by Gasteiger charge is 2.15. The number of nitrogens with zero attached hydrogens (tertiary/aromatic N) is 2. The van der Waals surface area contributed by atoms with E-state index in [1.165, 1.54) is 18.4 Å². The molecule has 1 aliphatic rings. The number of aryl methyl sites for hydroxylation is 1. The number of allylic oxidation sites excluding steroid dienone is 10. The molecule has 4 nitrogen and oxygen atoms in total. The van der Waals surface area contributed by atoms with Crippen molar-refractivity contribution in [3.05, 3.63) is 143 Å². The lowest BCUT2D eigenvalue weighted by Gasteiger charge is -2.16. The van der Waals surface area contributed by atoms with Crippen molar-refractivity contribution in [2.24, 2.45) is 5.73 Å². The minimum atomic E-state index is 0.669. The Morgan fingerprint density at radius 3 is 2.54 bits per heavy atom. The van der Waals surface area contributed by atoms with E-state index in [1.54, 1.807) is 6.20 Å². The molecule has 4 heteroatoms. The quantitative estimate of drug-likeness (QED) is 0.281. The van der Waals surface area contributed by atoms with Crippen LogP contribution in [0.5, 0.6) is 0 Å². The number of rotatable bonds is 12. The minimum absolute atomic E-state index is 0.669. The first-order valence-corrected chi connectivity index (χ1v) is 13.9. The van der Waals surface area contributed by atoms with Crippen LogP contribution in [-0.2, 0) is 6.42 Å². The van der Waals surface area contributed by atoms with Gasteiger partial charge in [-0.1, -0.05) is 61.8 Å². The fraction of sp³-hybridized carbons (Fsp3) is 0.286. The normalized spacial score (nSPS) is 16.4. The molecule has 204 valence electrons. The Hall–Kier alpha value is -3.89. The lowest BCUT2D eigenvalue weighted by Crippen LogP contribution is -2.21. The third-order valence-corrected chi connectivity index (χ3v) is 7.09. The zero-order chi connectivity index (χ0) is 28.2. The summed E-state index contributed by atoms with van der Waals surface area (Å²) in [6, 6.07) is 6.28. The highest BCUT2D eigenvalue weighted by molar-refractivity contribution is 5.82. The maximum absolute atomic E-state index is 6.50. The molecular formula is C35H44N4. The van der Waals surface area contributed by atoms with E-state index in [0.29, 0.717) is 6.42 Å². The fourth-order valence-corrected chi connectivity index (χ4v) is 4.91. The Labute approximate surface area is 235 Å². The molecule has 3 N–H and O–H groups in total. The van der Waals surface area contributed by atoms with E-state index in [0.717, 1.165) is 70.1 Å². The van der Waals surface area contributed by atoms with Crippen LogP contribution in [0.4, 0.5) is 0 Å². The molecule has 3 heterocycles. The van der Waals surface area contributed by atoms with Crippen LogP contribution in [0.3, 0.4) is 0 Å². The summed E-state index contributed by atoms with van der Waals surface area (Å²) in [5, 5.41) is 0. The average molecular weight is 521 g/mol. The van der Waals surface area contributed by atoms with E-state index in [4.69, 9.17) is 5.73 Å². The molecule has 3 rings (SSSR count). The molecule has 0 atom stereocenters. The van der Waals surface area contributed by atoms with E-state index >= 15 is 0 Å². The van der Waals surface area contributed by atoms with Crippen LogP contribution in [0, 0.1) is 6.92 Å². The first-order chi connectivity index (χ1) is 18.9. The SMILES string of the molecule is C=C/C(=C\C(=C/C)C(=C)/C=C(Cc1cc(/C(=C\C=C/C)c2cccnc2)c(C)[nH]1)\C(N)=C/C)CN1CCCC1. The maximum Gasteiger partial charge on any atom is 0.0346 e. The second-order valence-electron chi connectivity index (χ2n) is 9.95. The first kappa shape index (κ1) is 29.7. The summed E-state index contributed by atoms with van der Waals surface area (Å²) in [7, 11) is 0. The number of hydrogen-bond donors (Lipinski definition) is 2. The molecule has 0 spiro atoms. The Morgan fingerprint density at radius 1 is 1.15 bits per heavy atom. The second-order valence-corrected chi connectivity index (χ2v) is 9.95.